The summed E-state index contributed by atoms with van der Waals surface area (Å²) in [5, 5.41) is 15.6. The van der Waals surface area contributed by atoms with Crippen molar-refractivity contribution in [3.05, 3.63) is 34.1 Å². The molecule has 0 bridgehead atoms. The number of quaternary nitrogens is 1. The topological polar surface area (TPSA) is 47.4 Å². The van der Waals surface area contributed by atoms with E-state index in [-0.39, 0.29) is 6.10 Å². The third kappa shape index (κ3) is 3.60. The molecular weight excluding hydrogens is 368 g/mol. The van der Waals surface area contributed by atoms with E-state index in [9.17, 15) is 5.11 Å². The third-order valence-corrected chi connectivity index (χ3v) is 6.38. The van der Waals surface area contributed by atoms with Gasteiger partial charge in [-0.2, -0.15) is 4.68 Å². The highest BCUT2D eigenvalue weighted by Gasteiger charge is 2.27. The maximum absolute atomic E-state index is 9.97. The number of rotatable bonds is 4. The fraction of sp³-hybridized carbons (Fsp3) is 0.579. The highest BCUT2D eigenvalue weighted by molar-refractivity contribution is 7.71. The van der Waals surface area contributed by atoms with Crippen LogP contribution in [0.15, 0.2) is 24.3 Å². The number of hydrogen-bond acceptors (Lipinski definition) is 3. The highest BCUT2D eigenvalue weighted by atomic mass is 35.5. The molecule has 1 saturated carbocycles. The third-order valence-electron chi connectivity index (χ3n) is 5.64. The summed E-state index contributed by atoms with van der Waals surface area (Å²) in [6.07, 6.45) is 6.50. The Hall–Kier alpha value is -1.21. The van der Waals surface area contributed by atoms with Crippen molar-refractivity contribution in [3.8, 4) is 11.4 Å². The minimum atomic E-state index is -0.215. The average molecular weight is 394 g/mol. The summed E-state index contributed by atoms with van der Waals surface area (Å²) >= 11 is 12.3. The van der Waals surface area contributed by atoms with Crippen LogP contribution < -0.4 is 4.90 Å². The van der Waals surface area contributed by atoms with Crippen molar-refractivity contribution in [1.29, 1.82) is 0 Å². The monoisotopic (exact) mass is 393 g/mol. The van der Waals surface area contributed by atoms with Gasteiger partial charge >= 0.3 is 0 Å². The molecule has 1 saturated heterocycles. The molecule has 2 heterocycles. The van der Waals surface area contributed by atoms with Gasteiger partial charge in [0.05, 0.1) is 11.6 Å². The van der Waals surface area contributed by atoms with Gasteiger partial charge in [-0.15, -0.1) is 5.10 Å². The molecule has 0 spiro atoms. The molecule has 2 atom stereocenters. The van der Waals surface area contributed by atoms with Crippen LogP contribution >= 0.6 is 23.8 Å². The van der Waals surface area contributed by atoms with E-state index in [4.69, 9.17) is 28.9 Å². The van der Waals surface area contributed by atoms with Crippen LogP contribution in [0.25, 0.3) is 11.4 Å². The lowest BCUT2D eigenvalue weighted by Gasteiger charge is -2.26. The van der Waals surface area contributed by atoms with E-state index in [1.165, 1.54) is 17.7 Å². The van der Waals surface area contributed by atoms with Crippen molar-refractivity contribution in [2.45, 2.75) is 57.3 Å². The Bertz CT molecular complexity index is 827. The normalized spacial score (nSPS) is 24.2. The maximum Gasteiger partial charge on any atom is 0.203 e. The maximum atomic E-state index is 9.97. The quantitative estimate of drug-likeness (QED) is 0.785. The Morgan fingerprint density at radius 3 is 2.69 bits per heavy atom. The predicted octanol–water partition coefficient (Wildman–Crippen LogP) is 2.85. The Balaban J connectivity index is 1.73. The molecule has 5 nitrogen and oxygen atoms in total. The molecule has 26 heavy (non-hydrogen) atoms. The van der Waals surface area contributed by atoms with E-state index < -0.39 is 0 Å². The number of halogens is 1. The number of benzene rings is 1. The zero-order valence-electron chi connectivity index (χ0n) is 14.9. The number of nitrogens with one attached hydrogen (secondary N) is 1. The van der Waals surface area contributed by atoms with Crippen LogP contribution in [0.2, 0.25) is 5.02 Å². The first-order valence-corrected chi connectivity index (χ1v) is 10.4. The molecule has 0 amide bonds. The van der Waals surface area contributed by atoms with Gasteiger partial charge in [-0.3, -0.25) is 4.57 Å². The van der Waals surface area contributed by atoms with Gasteiger partial charge in [0.15, 0.2) is 12.5 Å². The number of hydrogen-bond donors (Lipinski definition) is 2. The van der Waals surface area contributed by atoms with Crippen LogP contribution in [-0.4, -0.2) is 38.6 Å². The highest BCUT2D eigenvalue weighted by Crippen LogP contribution is 2.35. The second-order valence-corrected chi connectivity index (χ2v) is 8.32. The Labute approximate surface area is 164 Å². The SMILES string of the molecule is O[C@@H]1CCC[NH+](Cn2nc(-c3ccccc3Cl)n(C3CCCC3)c2=S)C1. The first-order valence-electron chi connectivity index (χ1n) is 9.59. The Kier molecular flexibility index (Phi) is 5.45. The van der Waals surface area contributed by atoms with Gasteiger partial charge in [0.2, 0.25) is 4.77 Å². The van der Waals surface area contributed by atoms with Gasteiger partial charge in [-0.25, -0.2) is 0 Å². The van der Waals surface area contributed by atoms with Crippen molar-refractivity contribution < 1.29 is 10.0 Å². The molecule has 2 fully saturated rings. The minimum Gasteiger partial charge on any atom is -0.387 e. The molecule has 0 radical (unpaired) electrons. The molecule has 1 unspecified atom stereocenters. The molecular formula is C19H26ClN4OS+. The second kappa shape index (κ2) is 7.80. The summed E-state index contributed by atoms with van der Waals surface area (Å²) in [7, 11) is 0. The largest absolute Gasteiger partial charge is 0.387 e. The number of aliphatic hydroxyl groups is 1. The number of aliphatic hydroxyl groups excluding tert-OH is 1. The fourth-order valence-electron chi connectivity index (χ4n) is 4.32. The summed E-state index contributed by atoms with van der Waals surface area (Å²) in [6, 6.07) is 8.27. The number of nitrogens with zero attached hydrogens (tertiary/aromatic N) is 3. The van der Waals surface area contributed by atoms with E-state index >= 15 is 0 Å². The summed E-state index contributed by atoms with van der Waals surface area (Å²) in [6.45, 7) is 2.52. The van der Waals surface area contributed by atoms with Crippen LogP contribution in [0.4, 0.5) is 0 Å². The lowest BCUT2D eigenvalue weighted by molar-refractivity contribution is -0.931. The summed E-state index contributed by atoms with van der Waals surface area (Å²) in [5.41, 5.74) is 0.944. The Morgan fingerprint density at radius 1 is 1.19 bits per heavy atom. The van der Waals surface area contributed by atoms with Crippen LogP contribution in [0.5, 0.6) is 0 Å². The summed E-state index contributed by atoms with van der Waals surface area (Å²) in [4.78, 5) is 1.33. The van der Waals surface area contributed by atoms with E-state index in [2.05, 4.69) is 4.57 Å². The average Bonchev–Trinajstić information content (AvgIpc) is 3.24. The van der Waals surface area contributed by atoms with Gasteiger partial charge < -0.3 is 10.0 Å². The minimum absolute atomic E-state index is 0.215. The molecule has 4 rings (SSSR count). The first-order chi connectivity index (χ1) is 12.6. The van der Waals surface area contributed by atoms with Crippen LogP contribution in [-0.2, 0) is 6.67 Å². The molecule has 7 heteroatoms. The molecule has 140 valence electrons. The van der Waals surface area contributed by atoms with E-state index in [1.807, 2.05) is 28.9 Å². The van der Waals surface area contributed by atoms with Crippen LogP contribution in [0.3, 0.4) is 0 Å². The van der Waals surface area contributed by atoms with Crippen molar-refractivity contribution in [3.63, 3.8) is 0 Å². The Morgan fingerprint density at radius 2 is 1.96 bits per heavy atom. The zero-order valence-corrected chi connectivity index (χ0v) is 16.5. The predicted molar refractivity (Wildman–Crippen MR) is 105 cm³/mol. The van der Waals surface area contributed by atoms with Gasteiger partial charge in [-0.05, 0) is 50.0 Å². The molecule has 1 aromatic heterocycles. The summed E-state index contributed by atoms with van der Waals surface area (Å²) < 4.78 is 4.95. The molecule has 2 N–H and O–H groups in total. The van der Waals surface area contributed by atoms with Crippen LogP contribution in [0.1, 0.15) is 44.6 Å². The number of piperidine rings is 1. The van der Waals surface area contributed by atoms with Crippen molar-refractivity contribution in [2.75, 3.05) is 13.1 Å². The van der Waals surface area contributed by atoms with Crippen molar-refractivity contribution in [1.82, 2.24) is 14.3 Å². The molecule has 1 aliphatic carbocycles. The van der Waals surface area contributed by atoms with Crippen molar-refractivity contribution in [2.24, 2.45) is 0 Å². The van der Waals surface area contributed by atoms with E-state index in [0.29, 0.717) is 17.7 Å². The zero-order chi connectivity index (χ0) is 18.1. The fourth-order valence-corrected chi connectivity index (χ4v) is 4.88. The number of aromatic nitrogens is 3. The van der Waals surface area contributed by atoms with E-state index in [0.717, 1.165) is 54.9 Å². The van der Waals surface area contributed by atoms with Crippen LogP contribution in [0, 0.1) is 4.77 Å². The smallest absolute Gasteiger partial charge is 0.203 e. The van der Waals surface area contributed by atoms with Crippen molar-refractivity contribution >= 4 is 23.8 Å². The van der Waals surface area contributed by atoms with E-state index in [1.54, 1.807) is 0 Å². The molecule has 1 aliphatic heterocycles. The van der Waals surface area contributed by atoms with Gasteiger partial charge in [0.1, 0.15) is 12.6 Å². The molecule has 2 aromatic rings. The van der Waals surface area contributed by atoms with Gasteiger partial charge in [-0.1, -0.05) is 36.6 Å². The first kappa shape index (κ1) is 18.2. The molecule has 2 aliphatic rings. The lowest BCUT2D eigenvalue weighted by Crippen LogP contribution is -3.13. The van der Waals surface area contributed by atoms with Gasteiger partial charge in [0.25, 0.3) is 0 Å². The second-order valence-electron chi connectivity index (χ2n) is 7.55. The summed E-state index contributed by atoms with van der Waals surface area (Å²) in [5.74, 6) is 0.879. The standard InChI is InChI=1S/C19H25ClN4OS/c20-17-10-4-3-9-16(17)18-21-23(13-22-11-5-8-15(25)12-22)19(26)24(18)14-6-1-2-7-14/h3-4,9-10,14-15,25H,1-2,5-8,11-13H2/p+1/t15-/m1/s1. The van der Waals surface area contributed by atoms with Gasteiger partial charge in [0, 0.05) is 11.6 Å². The lowest BCUT2D eigenvalue weighted by atomic mass is 10.1. The number of likely N-dealkylation sites (tertiary alicyclic amines) is 1. The molecule has 1 aromatic carbocycles.